The topological polar surface area (TPSA) is 12.0 Å². The minimum atomic E-state index is 0.399. The molecule has 1 aliphatic rings. The molecule has 16 heavy (non-hydrogen) atoms. The summed E-state index contributed by atoms with van der Waals surface area (Å²) in [5.74, 6) is 1.92. The number of alkyl halides is 1. The van der Waals surface area contributed by atoms with Gasteiger partial charge in [0.15, 0.2) is 0 Å². The van der Waals surface area contributed by atoms with Crippen LogP contribution in [-0.4, -0.2) is 24.2 Å². The first-order valence-electron chi connectivity index (χ1n) is 5.87. The molecule has 0 fully saturated rings. The second-order valence-electron chi connectivity index (χ2n) is 4.15. The molecular formula is C13H18ClNS. The van der Waals surface area contributed by atoms with Crippen LogP contribution in [0.2, 0.25) is 0 Å². The molecule has 1 aliphatic heterocycles. The van der Waals surface area contributed by atoms with Crippen LogP contribution in [0.25, 0.3) is 0 Å². The Balaban J connectivity index is 2.04. The molecule has 1 N–H and O–H groups in total. The van der Waals surface area contributed by atoms with Gasteiger partial charge in [0.2, 0.25) is 0 Å². The molecule has 0 aromatic heterocycles. The molecule has 1 atom stereocenters. The van der Waals surface area contributed by atoms with Crippen LogP contribution in [0, 0.1) is 0 Å². The number of aryl methyl sites for hydroxylation is 1. The van der Waals surface area contributed by atoms with Crippen molar-refractivity contribution in [1.29, 1.82) is 0 Å². The maximum Gasteiger partial charge on any atom is 0.0380 e. The fraction of sp³-hybridized carbons (Fsp3) is 0.538. The molecule has 1 aromatic rings. The second-order valence-corrected chi connectivity index (χ2v) is 5.60. The van der Waals surface area contributed by atoms with Gasteiger partial charge < -0.3 is 5.32 Å². The van der Waals surface area contributed by atoms with E-state index in [2.05, 4.69) is 30.4 Å². The van der Waals surface area contributed by atoms with Gasteiger partial charge in [-0.25, -0.2) is 0 Å². The lowest BCUT2D eigenvalue weighted by Crippen LogP contribution is -2.32. The van der Waals surface area contributed by atoms with Gasteiger partial charge in [-0.3, -0.25) is 0 Å². The minimum Gasteiger partial charge on any atom is -0.313 e. The van der Waals surface area contributed by atoms with Crippen molar-refractivity contribution in [3.05, 3.63) is 29.3 Å². The zero-order valence-corrected chi connectivity index (χ0v) is 11.2. The van der Waals surface area contributed by atoms with E-state index in [0.29, 0.717) is 11.9 Å². The molecule has 2 rings (SSSR count). The highest BCUT2D eigenvalue weighted by Crippen LogP contribution is 2.32. The summed E-state index contributed by atoms with van der Waals surface area (Å²) >= 11 is 7.92. The van der Waals surface area contributed by atoms with Gasteiger partial charge in [0.25, 0.3) is 0 Å². The number of likely N-dealkylation sites (N-methyl/N-ethyl adjacent to an activating group) is 1. The molecule has 0 radical (unpaired) electrons. The number of halogens is 1. The lowest BCUT2D eigenvalue weighted by molar-refractivity contribution is 0.569. The lowest BCUT2D eigenvalue weighted by Gasteiger charge is -2.15. The molecule has 88 valence electrons. The van der Waals surface area contributed by atoms with E-state index in [-0.39, 0.29) is 0 Å². The minimum absolute atomic E-state index is 0.399. The van der Waals surface area contributed by atoms with Gasteiger partial charge in [0.05, 0.1) is 0 Å². The maximum absolute atomic E-state index is 5.95. The quantitative estimate of drug-likeness (QED) is 0.812. The van der Waals surface area contributed by atoms with Gasteiger partial charge in [-0.1, -0.05) is 19.1 Å². The van der Waals surface area contributed by atoms with Crippen molar-refractivity contribution >= 4 is 23.4 Å². The van der Waals surface area contributed by atoms with E-state index in [1.807, 2.05) is 11.8 Å². The van der Waals surface area contributed by atoms with Crippen LogP contribution < -0.4 is 5.32 Å². The Hall–Kier alpha value is -0.180. The van der Waals surface area contributed by atoms with E-state index < -0.39 is 0 Å². The Morgan fingerprint density at radius 1 is 1.50 bits per heavy atom. The molecule has 0 saturated heterocycles. The Labute approximate surface area is 107 Å². The van der Waals surface area contributed by atoms with E-state index in [9.17, 15) is 0 Å². The van der Waals surface area contributed by atoms with Crippen molar-refractivity contribution in [1.82, 2.24) is 5.32 Å². The Morgan fingerprint density at radius 2 is 2.38 bits per heavy atom. The lowest BCUT2D eigenvalue weighted by atomic mass is 10.0. The third-order valence-corrected chi connectivity index (χ3v) is 4.39. The molecule has 1 heterocycles. The highest BCUT2D eigenvalue weighted by atomic mass is 35.5. The van der Waals surface area contributed by atoms with Gasteiger partial charge in [-0.15, -0.1) is 23.4 Å². The van der Waals surface area contributed by atoms with Gasteiger partial charge >= 0.3 is 0 Å². The van der Waals surface area contributed by atoms with E-state index in [1.54, 1.807) is 0 Å². The molecule has 1 nitrogen and oxygen atoms in total. The summed E-state index contributed by atoms with van der Waals surface area (Å²) in [6.07, 6.45) is 2.26. The van der Waals surface area contributed by atoms with Gasteiger partial charge in [0.1, 0.15) is 0 Å². The number of fused-ring (bicyclic) bond motifs is 1. The summed E-state index contributed by atoms with van der Waals surface area (Å²) in [6, 6.07) is 7.27. The van der Waals surface area contributed by atoms with Gasteiger partial charge in [-0.2, -0.15) is 0 Å². The maximum atomic E-state index is 5.95. The highest BCUT2D eigenvalue weighted by Gasteiger charge is 2.13. The number of nitrogens with one attached hydrogen (secondary N) is 1. The Bertz CT molecular complexity index is 354. The monoisotopic (exact) mass is 255 g/mol. The average Bonchev–Trinajstić information content (AvgIpc) is 2.75. The molecule has 0 amide bonds. The van der Waals surface area contributed by atoms with Crippen molar-refractivity contribution in [3.8, 4) is 0 Å². The van der Waals surface area contributed by atoms with Gasteiger partial charge in [-0.05, 0) is 36.6 Å². The molecule has 1 aromatic carbocycles. The summed E-state index contributed by atoms with van der Waals surface area (Å²) in [4.78, 5) is 1.47. The molecule has 0 bridgehead atoms. The fourth-order valence-electron chi connectivity index (χ4n) is 2.09. The normalized spacial score (nSPS) is 16.1. The summed E-state index contributed by atoms with van der Waals surface area (Å²) < 4.78 is 0. The van der Waals surface area contributed by atoms with Gasteiger partial charge in [0, 0.05) is 22.6 Å². The van der Waals surface area contributed by atoms with E-state index >= 15 is 0 Å². The van der Waals surface area contributed by atoms with Crippen LogP contribution in [0.15, 0.2) is 23.1 Å². The van der Waals surface area contributed by atoms with E-state index in [4.69, 9.17) is 11.6 Å². The molecule has 1 unspecified atom stereocenters. The molecule has 0 aliphatic carbocycles. The number of benzene rings is 1. The Morgan fingerprint density at radius 3 is 3.12 bits per heavy atom. The predicted molar refractivity (Wildman–Crippen MR) is 72.8 cm³/mol. The van der Waals surface area contributed by atoms with Crippen molar-refractivity contribution in [2.45, 2.75) is 30.7 Å². The first kappa shape index (κ1) is 12.3. The van der Waals surface area contributed by atoms with E-state index in [1.165, 1.54) is 28.2 Å². The molecular weight excluding hydrogens is 238 g/mol. The molecule has 0 spiro atoms. The zero-order chi connectivity index (χ0) is 11.4. The number of rotatable bonds is 5. The average molecular weight is 256 g/mol. The zero-order valence-electron chi connectivity index (χ0n) is 9.63. The first-order chi connectivity index (χ1) is 7.83. The smallest absolute Gasteiger partial charge is 0.0380 e. The van der Waals surface area contributed by atoms with Crippen LogP contribution in [0.5, 0.6) is 0 Å². The molecule has 3 heteroatoms. The SMILES string of the molecule is CCNC(CCl)Cc1ccc2c(c1)SCC2. The Kier molecular flexibility index (Phi) is 4.56. The van der Waals surface area contributed by atoms with Crippen molar-refractivity contribution in [2.24, 2.45) is 0 Å². The fourth-order valence-corrected chi connectivity index (χ4v) is 3.44. The number of hydrogen-bond donors (Lipinski definition) is 1. The van der Waals surface area contributed by atoms with Crippen LogP contribution in [0.4, 0.5) is 0 Å². The van der Waals surface area contributed by atoms with Crippen LogP contribution in [0.1, 0.15) is 18.1 Å². The highest BCUT2D eigenvalue weighted by molar-refractivity contribution is 7.99. The van der Waals surface area contributed by atoms with E-state index in [0.717, 1.165) is 13.0 Å². The largest absolute Gasteiger partial charge is 0.313 e. The summed E-state index contributed by atoms with van der Waals surface area (Å²) in [7, 11) is 0. The van der Waals surface area contributed by atoms with Crippen molar-refractivity contribution in [2.75, 3.05) is 18.2 Å². The summed E-state index contributed by atoms with van der Waals surface area (Å²) in [5.41, 5.74) is 2.92. The van der Waals surface area contributed by atoms with Crippen molar-refractivity contribution in [3.63, 3.8) is 0 Å². The van der Waals surface area contributed by atoms with Crippen LogP contribution in [0.3, 0.4) is 0 Å². The van der Waals surface area contributed by atoms with Crippen LogP contribution >= 0.6 is 23.4 Å². The predicted octanol–water partition coefficient (Wildman–Crippen LogP) is 3.09. The molecule has 0 saturated carbocycles. The third kappa shape index (κ3) is 2.93. The van der Waals surface area contributed by atoms with Crippen molar-refractivity contribution < 1.29 is 0 Å². The summed E-state index contributed by atoms with van der Waals surface area (Å²) in [5, 5.41) is 3.41. The second kappa shape index (κ2) is 5.95. The number of hydrogen-bond acceptors (Lipinski definition) is 2. The third-order valence-electron chi connectivity index (χ3n) is 2.92. The number of thioether (sulfide) groups is 1. The first-order valence-corrected chi connectivity index (χ1v) is 7.39. The summed E-state index contributed by atoms with van der Waals surface area (Å²) in [6.45, 7) is 3.11. The van der Waals surface area contributed by atoms with Crippen LogP contribution in [-0.2, 0) is 12.8 Å². The standard InChI is InChI=1S/C13H18ClNS/c1-2-15-12(9-14)7-10-3-4-11-5-6-16-13(11)8-10/h3-4,8,12,15H,2,5-7,9H2,1H3.